The van der Waals surface area contributed by atoms with E-state index >= 15 is 0 Å². The summed E-state index contributed by atoms with van der Waals surface area (Å²) in [7, 11) is 0. The fourth-order valence-electron chi connectivity index (χ4n) is 3.93. The number of hydrogen-bond acceptors (Lipinski definition) is 7. The highest BCUT2D eigenvalue weighted by Crippen LogP contribution is 2.43. The summed E-state index contributed by atoms with van der Waals surface area (Å²) >= 11 is 0. The minimum atomic E-state index is -0.512. The molecule has 1 atom stereocenters. The fourth-order valence-corrected chi connectivity index (χ4v) is 3.93. The largest absolute Gasteiger partial charge is 0.494 e. The van der Waals surface area contributed by atoms with E-state index in [4.69, 9.17) is 24.7 Å². The lowest BCUT2D eigenvalue weighted by Gasteiger charge is -2.26. The van der Waals surface area contributed by atoms with Gasteiger partial charge >= 0.3 is 5.97 Å². The van der Waals surface area contributed by atoms with Crippen molar-refractivity contribution in [1.82, 2.24) is 0 Å². The van der Waals surface area contributed by atoms with E-state index in [1.165, 1.54) is 0 Å². The number of nitrogens with zero attached hydrogens (tertiary/aromatic N) is 1. The maximum Gasteiger partial charge on any atom is 0.343 e. The number of hydrogen-bond donors (Lipinski definition) is 1. The summed E-state index contributed by atoms with van der Waals surface area (Å²) in [5.74, 6) is 1.25. The van der Waals surface area contributed by atoms with E-state index < -0.39 is 11.9 Å². The van der Waals surface area contributed by atoms with Crippen LogP contribution >= 0.6 is 0 Å². The van der Waals surface area contributed by atoms with E-state index in [2.05, 4.69) is 6.07 Å². The molecule has 0 radical (unpaired) electrons. The molecule has 1 aliphatic rings. The molecule has 0 saturated carbocycles. The van der Waals surface area contributed by atoms with Gasteiger partial charge in [-0.2, -0.15) is 5.26 Å². The Hall–Kier alpha value is -4.44. The monoisotopic (exact) mass is 484 g/mol. The third-order valence-corrected chi connectivity index (χ3v) is 5.55. The van der Waals surface area contributed by atoms with Gasteiger partial charge < -0.3 is 24.7 Å². The topological polar surface area (TPSA) is 104 Å². The summed E-state index contributed by atoms with van der Waals surface area (Å²) in [4.78, 5) is 12.7. The van der Waals surface area contributed by atoms with Crippen molar-refractivity contribution in [3.63, 3.8) is 0 Å². The second-order valence-electron chi connectivity index (χ2n) is 8.62. The molecule has 2 N–H and O–H groups in total. The van der Waals surface area contributed by atoms with E-state index in [0.717, 1.165) is 23.3 Å². The lowest BCUT2D eigenvalue weighted by Crippen LogP contribution is -2.21. The smallest absolute Gasteiger partial charge is 0.343 e. The van der Waals surface area contributed by atoms with Crippen molar-refractivity contribution in [2.24, 2.45) is 5.73 Å². The first-order chi connectivity index (χ1) is 17.4. The Balaban J connectivity index is 1.57. The molecule has 4 rings (SSSR count). The molecule has 0 saturated heterocycles. The fraction of sp³-hybridized carbons (Fsp3) is 0.241. The molecule has 3 aromatic carbocycles. The number of nitriles is 1. The van der Waals surface area contributed by atoms with Gasteiger partial charge in [-0.05, 0) is 68.3 Å². The number of esters is 1. The number of benzene rings is 3. The summed E-state index contributed by atoms with van der Waals surface area (Å²) in [5.41, 5.74) is 8.43. The lowest BCUT2D eigenvalue weighted by molar-refractivity contribution is 0.0734. The van der Waals surface area contributed by atoms with Gasteiger partial charge in [-0.25, -0.2) is 4.79 Å². The van der Waals surface area contributed by atoms with Crippen molar-refractivity contribution in [3.8, 4) is 29.1 Å². The van der Waals surface area contributed by atoms with Crippen LogP contribution in [0.25, 0.3) is 0 Å². The minimum Gasteiger partial charge on any atom is -0.494 e. The molecule has 1 aliphatic heterocycles. The van der Waals surface area contributed by atoms with Crippen molar-refractivity contribution < 1.29 is 23.7 Å². The molecule has 0 aliphatic carbocycles. The molecule has 7 nitrogen and oxygen atoms in total. The van der Waals surface area contributed by atoms with E-state index in [1.54, 1.807) is 42.5 Å². The second kappa shape index (κ2) is 10.9. The van der Waals surface area contributed by atoms with E-state index in [0.29, 0.717) is 35.0 Å². The molecule has 0 bridgehead atoms. The Morgan fingerprint density at radius 1 is 1.03 bits per heavy atom. The standard InChI is InChI=1S/C29H28N2O5/c1-4-15-33-21-9-5-19(6-10-21)27-24-14-13-23(16-26(24)36-28(31)25(27)17-30)35-29(32)20-7-11-22(12-8-20)34-18(2)3/h5-14,16,18,27H,4,15,31H2,1-3H3. The van der Waals surface area contributed by atoms with Crippen molar-refractivity contribution in [2.75, 3.05) is 6.61 Å². The highest BCUT2D eigenvalue weighted by atomic mass is 16.5. The average molecular weight is 485 g/mol. The molecular formula is C29H28N2O5. The number of rotatable bonds is 8. The van der Waals surface area contributed by atoms with Crippen LogP contribution in [0, 0.1) is 11.3 Å². The number of ether oxygens (including phenoxy) is 4. The molecule has 0 fully saturated rings. The van der Waals surface area contributed by atoms with Gasteiger partial charge in [-0.15, -0.1) is 0 Å². The van der Waals surface area contributed by atoms with Crippen LogP contribution in [-0.2, 0) is 0 Å². The number of carbonyl (C=O) groups excluding carboxylic acids is 1. The quantitative estimate of drug-likeness (QED) is 0.323. The van der Waals surface area contributed by atoms with E-state index in [9.17, 15) is 10.1 Å². The van der Waals surface area contributed by atoms with Gasteiger partial charge in [0, 0.05) is 11.6 Å². The van der Waals surface area contributed by atoms with Crippen LogP contribution in [-0.4, -0.2) is 18.7 Å². The van der Waals surface area contributed by atoms with E-state index in [1.807, 2.05) is 45.0 Å². The first-order valence-electron chi connectivity index (χ1n) is 11.8. The number of allylic oxidation sites excluding steroid dienone is 1. The highest BCUT2D eigenvalue weighted by molar-refractivity contribution is 5.91. The lowest BCUT2D eigenvalue weighted by atomic mass is 9.83. The molecule has 0 amide bonds. The molecule has 0 spiro atoms. The van der Waals surface area contributed by atoms with Gasteiger partial charge in [0.2, 0.25) is 5.88 Å². The predicted molar refractivity (Wildman–Crippen MR) is 135 cm³/mol. The third-order valence-electron chi connectivity index (χ3n) is 5.55. The van der Waals surface area contributed by atoms with Crippen LogP contribution in [0.2, 0.25) is 0 Å². The molecule has 36 heavy (non-hydrogen) atoms. The zero-order chi connectivity index (χ0) is 25.7. The Morgan fingerprint density at radius 3 is 2.33 bits per heavy atom. The summed E-state index contributed by atoms with van der Waals surface area (Å²) < 4.78 is 22.6. The Kier molecular flexibility index (Phi) is 7.45. The second-order valence-corrected chi connectivity index (χ2v) is 8.62. The van der Waals surface area contributed by atoms with Gasteiger partial charge in [0.15, 0.2) is 0 Å². The zero-order valence-electron chi connectivity index (χ0n) is 20.5. The van der Waals surface area contributed by atoms with Gasteiger partial charge in [0.25, 0.3) is 0 Å². The van der Waals surface area contributed by atoms with Crippen LogP contribution in [0.3, 0.4) is 0 Å². The molecule has 3 aromatic rings. The molecule has 1 unspecified atom stereocenters. The normalized spacial score (nSPS) is 14.5. The van der Waals surface area contributed by atoms with Crippen molar-refractivity contribution >= 4 is 5.97 Å². The number of fused-ring (bicyclic) bond motifs is 1. The van der Waals surface area contributed by atoms with Crippen LogP contribution < -0.4 is 24.7 Å². The van der Waals surface area contributed by atoms with Gasteiger partial charge in [0.1, 0.15) is 34.6 Å². The van der Waals surface area contributed by atoms with Gasteiger partial charge in [-0.1, -0.05) is 25.1 Å². The SMILES string of the molecule is CCCOc1ccc(C2C(C#N)=C(N)Oc3cc(OC(=O)c4ccc(OC(C)C)cc4)ccc32)cc1. The Bertz CT molecular complexity index is 1300. The summed E-state index contributed by atoms with van der Waals surface area (Å²) in [6.07, 6.45) is 0.954. The Labute approximate surface area is 210 Å². The van der Waals surface area contributed by atoms with Gasteiger partial charge in [-0.3, -0.25) is 0 Å². The summed E-state index contributed by atoms with van der Waals surface area (Å²) in [6.45, 7) is 6.55. The van der Waals surface area contributed by atoms with Crippen molar-refractivity contribution in [3.05, 3.63) is 94.9 Å². The first kappa shape index (κ1) is 24.7. The van der Waals surface area contributed by atoms with Crippen molar-refractivity contribution in [2.45, 2.75) is 39.2 Å². The molecule has 0 aromatic heterocycles. The summed E-state index contributed by atoms with van der Waals surface area (Å²) in [6, 6.07) is 21.6. The summed E-state index contributed by atoms with van der Waals surface area (Å²) in [5, 5.41) is 9.79. The first-order valence-corrected chi connectivity index (χ1v) is 11.8. The van der Waals surface area contributed by atoms with E-state index in [-0.39, 0.29) is 12.0 Å². The predicted octanol–water partition coefficient (Wildman–Crippen LogP) is 5.70. The van der Waals surface area contributed by atoms with Crippen LogP contribution in [0.4, 0.5) is 0 Å². The molecular weight excluding hydrogens is 456 g/mol. The zero-order valence-corrected chi connectivity index (χ0v) is 20.5. The van der Waals surface area contributed by atoms with Crippen molar-refractivity contribution in [1.29, 1.82) is 5.26 Å². The highest BCUT2D eigenvalue weighted by Gasteiger charge is 2.31. The van der Waals surface area contributed by atoms with Gasteiger partial charge in [0.05, 0.1) is 24.2 Å². The van der Waals surface area contributed by atoms with Crippen LogP contribution in [0.5, 0.6) is 23.0 Å². The van der Waals surface area contributed by atoms with Crippen LogP contribution in [0.1, 0.15) is 54.6 Å². The molecule has 1 heterocycles. The Morgan fingerprint density at radius 2 is 1.69 bits per heavy atom. The molecule has 7 heteroatoms. The average Bonchev–Trinajstić information content (AvgIpc) is 2.87. The maximum atomic E-state index is 12.7. The third kappa shape index (κ3) is 5.44. The number of nitrogens with two attached hydrogens (primary N) is 1. The molecule has 184 valence electrons. The minimum absolute atomic E-state index is 0.0190. The maximum absolute atomic E-state index is 12.7. The van der Waals surface area contributed by atoms with Crippen LogP contribution in [0.15, 0.2) is 78.2 Å². The number of carbonyl (C=O) groups is 1.